The van der Waals surface area contributed by atoms with E-state index in [2.05, 4.69) is 131 Å². The summed E-state index contributed by atoms with van der Waals surface area (Å²) in [7, 11) is -5.87. The fourth-order valence-corrected chi connectivity index (χ4v) is 10.1. The van der Waals surface area contributed by atoms with Crippen molar-refractivity contribution in [3.05, 3.63) is 87.0 Å². The Hall–Kier alpha value is 1.27. The molecule has 0 amide bonds. The summed E-state index contributed by atoms with van der Waals surface area (Å²) in [4.78, 5) is 0. The summed E-state index contributed by atoms with van der Waals surface area (Å²) in [6.07, 6.45) is 31.7. The predicted molar refractivity (Wildman–Crippen MR) is 162 cm³/mol. The third-order valence-electron chi connectivity index (χ3n) is 5.45. The molecular weight excluding hydrogens is 668 g/mol. The van der Waals surface area contributed by atoms with Crippen LogP contribution in [0.4, 0.5) is 17.3 Å². The van der Waals surface area contributed by atoms with Crippen molar-refractivity contribution in [1.29, 1.82) is 0 Å². The van der Waals surface area contributed by atoms with Crippen LogP contribution >= 0.6 is 15.8 Å². The molecule has 3 rings (SSSR count). The summed E-state index contributed by atoms with van der Waals surface area (Å²) in [5.74, 6) is 0. The number of rotatable bonds is 6. The first-order valence-electron chi connectivity index (χ1n) is 13.4. The largest absolute Gasteiger partial charge is 0.673 e. The Balaban J connectivity index is -0.000000455. The van der Waals surface area contributed by atoms with Crippen LogP contribution in [0, 0.1) is 62.7 Å². The Kier molecular flexibility index (Phi) is 29.5. The Bertz CT molecular complexity index is 524. The van der Waals surface area contributed by atoms with E-state index in [0.717, 1.165) is 22.6 Å². The predicted octanol–water partition coefficient (Wildman–Crippen LogP) is 11.3. The Morgan fingerprint density at radius 1 is 0.513 bits per heavy atom. The number of halogens is 4. The van der Waals surface area contributed by atoms with Crippen molar-refractivity contribution in [2.75, 3.05) is 0 Å². The molecule has 0 bridgehead atoms. The maximum atomic E-state index is 9.75. The fourth-order valence-electron chi connectivity index (χ4n) is 4.31. The smallest absolute Gasteiger partial charge is 0.418 e. The van der Waals surface area contributed by atoms with Gasteiger partial charge in [0.15, 0.2) is 0 Å². The van der Waals surface area contributed by atoms with Crippen LogP contribution in [0.25, 0.3) is 0 Å². The number of allylic oxidation sites excluding steroid dienone is 4. The molecule has 0 aromatic heterocycles. The van der Waals surface area contributed by atoms with E-state index in [0.29, 0.717) is 0 Å². The quantitative estimate of drug-likeness (QED) is 0.111. The van der Waals surface area contributed by atoms with Gasteiger partial charge in [-0.25, -0.2) is 0 Å². The molecule has 3 aliphatic carbocycles. The van der Waals surface area contributed by atoms with Crippen LogP contribution in [0.5, 0.6) is 0 Å². The van der Waals surface area contributed by atoms with Crippen LogP contribution in [0.1, 0.15) is 81.1 Å². The summed E-state index contributed by atoms with van der Waals surface area (Å²) in [6, 6.07) is 0. The average molecular weight is 716 g/mol. The molecule has 0 nitrogen and oxygen atoms in total. The molecule has 0 saturated heterocycles. The van der Waals surface area contributed by atoms with E-state index >= 15 is 0 Å². The summed E-state index contributed by atoms with van der Waals surface area (Å²) in [6.45, 7) is 18.7. The molecule has 0 aromatic carbocycles. The van der Waals surface area contributed by atoms with Crippen molar-refractivity contribution >= 4 is 23.1 Å². The van der Waals surface area contributed by atoms with Crippen molar-refractivity contribution in [2.24, 2.45) is 0 Å². The van der Waals surface area contributed by atoms with Gasteiger partial charge in [0.25, 0.3) is 0 Å². The van der Waals surface area contributed by atoms with Gasteiger partial charge in [-0.05, 0) is 99.7 Å². The standard InChI is InChI=1S/2C11H18P.C8H12.BF4.Fe.Rh/c2*1-9(2)12(10(3)4)11-7-5-6-8-11;1-2-4-6-8-7-5-3-1;2-1(3,4)5;;/h2*5-10H,1-4H3;1-2,7-8H,3-6H2;;;/q;;;-1;;. The Labute approximate surface area is 266 Å². The molecule has 11 radical (unpaired) electrons. The van der Waals surface area contributed by atoms with Gasteiger partial charge in [0.2, 0.25) is 0 Å². The first-order chi connectivity index (χ1) is 17.3. The van der Waals surface area contributed by atoms with E-state index < -0.39 is 7.25 Å². The monoisotopic (exact) mass is 716 g/mol. The maximum Gasteiger partial charge on any atom is 0.673 e. The van der Waals surface area contributed by atoms with E-state index in [1.165, 1.54) is 25.7 Å². The molecule has 0 aliphatic heterocycles. The molecule has 2 saturated carbocycles. The minimum absolute atomic E-state index is 0. The molecule has 0 N–H and O–H groups in total. The Morgan fingerprint density at radius 2 is 0.692 bits per heavy atom. The Morgan fingerprint density at radius 3 is 0.846 bits per heavy atom. The van der Waals surface area contributed by atoms with Crippen LogP contribution in [0.2, 0.25) is 0 Å². The summed E-state index contributed by atoms with van der Waals surface area (Å²) in [5.41, 5.74) is 6.36. The van der Waals surface area contributed by atoms with Gasteiger partial charge < -0.3 is 17.3 Å². The van der Waals surface area contributed by atoms with Crippen molar-refractivity contribution in [2.45, 2.75) is 104 Å². The van der Waals surface area contributed by atoms with Crippen molar-refractivity contribution in [3.8, 4) is 0 Å². The molecular formula is C30H48BF4FeP2Rh-. The summed E-state index contributed by atoms with van der Waals surface area (Å²) in [5, 5.41) is 0. The molecule has 0 aromatic rings. The average Bonchev–Trinajstić information content (AvgIpc) is 3.41. The molecule has 39 heavy (non-hydrogen) atoms. The van der Waals surface area contributed by atoms with Gasteiger partial charge in [-0.15, -0.1) is 0 Å². The van der Waals surface area contributed by atoms with E-state index in [1.807, 2.05) is 0 Å². The fraction of sp³-hybridized carbons (Fsp3) is 0.533. The van der Waals surface area contributed by atoms with E-state index in [4.69, 9.17) is 0 Å². The van der Waals surface area contributed by atoms with Crippen LogP contribution in [0.3, 0.4) is 0 Å². The molecule has 0 heterocycles. The van der Waals surface area contributed by atoms with Gasteiger partial charge in [0, 0.05) is 47.9 Å². The summed E-state index contributed by atoms with van der Waals surface area (Å²) >= 11 is 0. The molecule has 0 atom stereocenters. The number of hydrogen-bond acceptors (Lipinski definition) is 0. The maximum absolute atomic E-state index is 9.75. The molecule has 9 heteroatoms. The van der Waals surface area contributed by atoms with Crippen LogP contribution < -0.4 is 0 Å². The zero-order chi connectivity index (χ0) is 28.4. The van der Waals surface area contributed by atoms with Gasteiger partial charge in [0.05, 0.1) is 0 Å². The molecule has 0 unspecified atom stereocenters. The third-order valence-corrected chi connectivity index (χ3v) is 11.7. The molecule has 227 valence electrons. The van der Waals surface area contributed by atoms with Crippen molar-refractivity contribution < 1.29 is 53.8 Å². The van der Waals surface area contributed by atoms with Crippen molar-refractivity contribution in [1.82, 2.24) is 0 Å². The van der Waals surface area contributed by atoms with Gasteiger partial charge in [0.1, 0.15) is 0 Å². The van der Waals surface area contributed by atoms with Crippen LogP contribution in [0.15, 0.2) is 24.3 Å². The topological polar surface area (TPSA) is 0 Å². The first-order valence-corrected chi connectivity index (χ1v) is 16.4. The third kappa shape index (κ3) is 24.4. The second-order valence-corrected chi connectivity index (χ2v) is 16.9. The van der Waals surface area contributed by atoms with E-state index in [9.17, 15) is 17.3 Å². The zero-order valence-electron chi connectivity index (χ0n) is 24.7. The minimum atomic E-state index is -6.00. The van der Waals surface area contributed by atoms with Gasteiger partial charge in [-0.1, -0.05) is 95.5 Å². The van der Waals surface area contributed by atoms with Crippen LogP contribution in [-0.2, 0) is 36.5 Å². The van der Waals surface area contributed by atoms with Crippen LogP contribution in [-0.4, -0.2) is 29.9 Å². The molecule has 0 spiro atoms. The van der Waals surface area contributed by atoms with Crippen molar-refractivity contribution in [3.63, 3.8) is 0 Å². The van der Waals surface area contributed by atoms with Gasteiger partial charge in [-0.3, -0.25) is 0 Å². The second kappa shape index (κ2) is 25.7. The first kappa shape index (κ1) is 44.7. The number of hydrogen-bond donors (Lipinski definition) is 0. The second-order valence-electron chi connectivity index (χ2n) is 10.1. The van der Waals surface area contributed by atoms with Gasteiger partial charge >= 0.3 is 7.25 Å². The normalized spacial score (nSPS) is 18.1. The van der Waals surface area contributed by atoms with E-state index in [-0.39, 0.29) is 52.4 Å². The zero-order valence-corrected chi connectivity index (χ0v) is 29.3. The van der Waals surface area contributed by atoms with Gasteiger partial charge in [-0.2, -0.15) is 0 Å². The molecule has 3 aliphatic rings. The van der Waals surface area contributed by atoms with E-state index in [1.54, 1.807) is 11.3 Å². The molecule has 2 fully saturated rings. The summed E-state index contributed by atoms with van der Waals surface area (Å²) < 4.78 is 39.0. The SMILES string of the molecule is C1=CCCC=CCC1.CC(C)P([C]1[CH][CH][CH][CH]1)C(C)C.CC(C)P([C]1[CH][CH][CH][CH]1)C(C)C.F[B-](F)(F)F.[Fe].[Rh]. The minimum Gasteiger partial charge on any atom is -0.418 e.